The second-order valence-electron chi connectivity index (χ2n) is 13.9. The van der Waals surface area contributed by atoms with Gasteiger partial charge in [-0.05, 0) is 69.3 Å². The molecule has 7 nitrogen and oxygen atoms in total. The van der Waals surface area contributed by atoms with Crippen LogP contribution in [-0.4, -0.2) is 59.1 Å². The molecule has 0 aliphatic carbocycles. The molecule has 43 heavy (non-hydrogen) atoms. The van der Waals surface area contributed by atoms with Gasteiger partial charge in [0.2, 0.25) is 0 Å². The molecule has 0 spiro atoms. The number of esters is 1. The molecule has 1 aliphatic heterocycles. The van der Waals surface area contributed by atoms with Crippen molar-refractivity contribution in [2.75, 3.05) is 19.8 Å². The van der Waals surface area contributed by atoms with Crippen molar-refractivity contribution in [3.63, 3.8) is 0 Å². The minimum Gasteiger partial charge on any atom is -0.465 e. The number of aliphatic hydroxyl groups excluding tert-OH is 1. The van der Waals surface area contributed by atoms with Crippen LogP contribution in [0.15, 0.2) is 30.3 Å². The van der Waals surface area contributed by atoms with Crippen LogP contribution in [0.3, 0.4) is 0 Å². The van der Waals surface area contributed by atoms with E-state index in [9.17, 15) is 14.7 Å². The van der Waals surface area contributed by atoms with E-state index < -0.39 is 22.8 Å². The second-order valence-corrected chi connectivity index (χ2v) is 13.9. The number of benzene rings is 1. The molecule has 1 aliphatic rings. The maximum atomic E-state index is 13.7. The first-order chi connectivity index (χ1) is 20.3. The van der Waals surface area contributed by atoms with Crippen LogP contribution in [0.5, 0.6) is 0 Å². The second kappa shape index (κ2) is 17.0. The minimum absolute atomic E-state index is 0.108. The fourth-order valence-electron chi connectivity index (χ4n) is 6.37. The maximum Gasteiger partial charge on any atom is 0.309 e. The molecular weight excluding hydrogens is 542 g/mol. The van der Waals surface area contributed by atoms with Gasteiger partial charge in [0, 0.05) is 32.0 Å². The number of carbonyl (C=O) groups excluding carboxylic acids is 2. The van der Waals surface area contributed by atoms with Crippen molar-refractivity contribution in [2.45, 2.75) is 143 Å². The lowest BCUT2D eigenvalue weighted by atomic mass is 9.70. The number of nitrogens with zero attached hydrogens (tertiary/aromatic N) is 1. The smallest absolute Gasteiger partial charge is 0.309 e. The number of aliphatic hydroxyl groups is 1. The van der Waals surface area contributed by atoms with Crippen molar-refractivity contribution < 1.29 is 29.0 Å². The van der Waals surface area contributed by atoms with Crippen molar-refractivity contribution in [1.29, 1.82) is 0 Å². The van der Waals surface area contributed by atoms with E-state index in [1.54, 1.807) is 0 Å². The Labute approximate surface area is 262 Å². The van der Waals surface area contributed by atoms with Crippen LogP contribution in [0.2, 0.25) is 0 Å². The van der Waals surface area contributed by atoms with E-state index in [0.717, 1.165) is 25.7 Å². The summed E-state index contributed by atoms with van der Waals surface area (Å²) >= 11 is 0. The molecule has 1 N–H and O–H groups in total. The largest absolute Gasteiger partial charge is 0.465 e. The molecule has 0 aromatic heterocycles. The Morgan fingerprint density at radius 1 is 1.07 bits per heavy atom. The molecule has 2 rings (SSSR count). The van der Waals surface area contributed by atoms with Crippen LogP contribution in [0.1, 0.15) is 132 Å². The number of hydroxylamine groups is 2. The summed E-state index contributed by atoms with van der Waals surface area (Å²) in [6, 6.07) is 10.3. The molecular formula is C36H61NO6. The van der Waals surface area contributed by atoms with Crippen LogP contribution in [0, 0.1) is 17.3 Å². The minimum atomic E-state index is -0.635. The summed E-state index contributed by atoms with van der Waals surface area (Å²) in [5.74, 6) is -0.306. The molecule has 6 atom stereocenters. The number of hydrogen-bond donors (Lipinski definition) is 1. The molecule has 6 unspecified atom stereocenters. The third-order valence-corrected chi connectivity index (χ3v) is 10.1. The number of hydrogen-bond acceptors (Lipinski definition) is 7. The highest BCUT2D eigenvalue weighted by Crippen LogP contribution is 2.46. The molecule has 1 heterocycles. The summed E-state index contributed by atoms with van der Waals surface area (Å²) < 4.78 is 12.3. The Balaban J connectivity index is 2.43. The lowest BCUT2D eigenvalue weighted by Gasteiger charge is -2.56. The van der Waals surface area contributed by atoms with Gasteiger partial charge in [0.25, 0.3) is 0 Å². The fourth-order valence-corrected chi connectivity index (χ4v) is 6.37. The summed E-state index contributed by atoms with van der Waals surface area (Å²) in [7, 11) is 0. The predicted molar refractivity (Wildman–Crippen MR) is 172 cm³/mol. The molecule has 1 fully saturated rings. The summed E-state index contributed by atoms with van der Waals surface area (Å²) in [5.41, 5.74) is -0.304. The number of carbonyl (C=O) groups is 2. The van der Waals surface area contributed by atoms with Crippen LogP contribution in [-0.2, 0) is 23.9 Å². The molecule has 1 saturated heterocycles. The molecule has 0 amide bonds. The molecule has 0 saturated carbocycles. The summed E-state index contributed by atoms with van der Waals surface area (Å²) in [5, 5.41) is 11.4. The maximum absolute atomic E-state index is 13.7. The Morgan fingerprint density at radius 3 is 2.33 bits per heavy atom. The SMILES string of the molecule is CCCCOC(=O)C(CC(C)c1ccccc1)C(C)(C)CC(OCCCCO)ON1C(C)(CC)CC(=O)C(C)C1(C)CC. The van der Waals surface area contributed by atoms with Gasteiger partial charge < -0.3 is 14.6 Å². The number of Topliss-reactive ketones (excluding diaryl/α,β-unsaturated/α-hetero) is 1. The Hall–Kier alpha value is -1.80. The van der Waals surface area contributed by atoms with Gasteiger partial charge in [-0.1, -0.05) is 85.2 Å². The van der Waals surface area contributed by atoms with Crippen LogP contribution >= 0.6 is 0 Å². The number of unbranched alkanes of at least 4 members (excludes halogenated alkanes) is 2. The highest BCUT2D eigenvalue weighted by molar-refractivity contribution is 5.84. The quantitative estimate of drug-likeness (QED) is 0.0979. The zero-order chi connectivity index (χ0) is 32.3. The predicted octanol–water partition coefficient (Wildman–Crippen LogP) is 7.85. The monoisotopic (exact) mass is 603 g/mol. The first-order valence-electron chi connectivity index (χ1n) is 16.7. The Kier molecular flexibility index (Phi) is 14.8. The van der Waals surface area contributed by atoms with Gasteiger partial charge in [0.05, 0.1) is 23.6 Å². The lowest BCUT2D eigenvalue weighted by molar-refractivity contribution is -0.365. The van der Waals surface area contributed by atoms with Gasteiger partial charge in [-0.25, -0.2) is 0 Å². The molecule has 0 bridgehead atoms. The van der Waals surface area contributed by atoms with E-state index in [1.807, 2.05) is 25.1 Å². The molecule has 1 aromatic carbocycles. The van der Waals surface area contributed by atoms with Crippen LogP contribution in [0.4, 0.5) is 0 Å². The van der Waals surface area contributed by atoms with E-state index in [2.05, 4.69) is 72.6 Å². The topological polar surface area (TPSA) is 85.3 Å². The van der Waals surface area contributed by atoms with E-state index in [4.69, 9.17) is 14.3 Å². The molecule has 7 heteroatoms. The lowest BCUT2D eigenvalue weighted by Crippen LogP contribution is -2.67. The third kappa shape index (κ3) is 9.84. The van der Waals surface area contributed by atoms with Gasteiger partial charge in [0.1, 0.15) is 5.78 Å². The fraction of sp³-hybridized carbons (Fsp3) is 0.778. The van der Waals surface area contributed by atoms with E-state index in [-0.39, 0.29) is 36.1 Å². The van der Waals surface area contributed by atoms with Crippen LogP contribution < -0.4 is 0 Å². The molecule has 0 radical (unpaired) electrons. The Bertz CT molecular complexity index is 983. The number of ketones is 1. The standard InChI is InChI=1S/C36H61NO6/c1-10-13-22-42-33(40)30(24-27(4)29-19-15-14-16-20-29)34(6,7)26-32(41-23-18-17-21-38)43-37-35(8,11-2)25-31(39)28(5)36(37,9)12-3/h14-16,19-20,27-28,30,32,38H,10-13,17-18,21-26H2,1-9H3. The zero-order valence-corrected chi connectivity index (χ0v) is 28.6. The van der Waals surface area contributed by atoms with Crippen LogP contribution in [0.25, 0.3) is 0 Å². The average Bonchev–Trinajstić information content (AvgIpc) is 2.99. The van der Waals surface area contributed by atoms with Crippen molar-refractivity contribution >= 4 is 11.8 Å². The third-order valence-electron chi connectivity index (χ3n) is 10.1. The first kappa shape index (κ1) is 37.4. The average molecular weight is 604 g/mol. The number of rotatable bonds is 19. The van der Waals surface area contributed by atoms with Gasteiger partial charge in [-0.2, -0.15) is 5.06 Å². The van der Waals surface area contributed by atoms with E-state index in [1.165, 1.54) is 5.56 Å². The van der Waals surface area contributed by atoms with Crippen molar-refractivity contribution in [3.8, 4) is 0 Å². The highest BCUT2D eigenvalue weighted by atomic mass is 16.8. The normalized spacial score (nSPS) is 25.3. The number of piperidine rings is 1. The number of ether oxygens (including phenoxy) is 2. The summed E-state index contributed by atoms with van der Waals surface area (Å²) in [6.07, 6.45) is 5.55. The van der Waals surface area contributed by atoms with Gasteiger partial charge >= 0.3 is 5.97 Å². The molecule has 1 aromatic rings. The Morgan fingerprint density at radius 2 is 1.74 bits per heavy atom. The van der Waals surface area contributed by atoms with Gasteiger partial charge in [-0.3, -0.25) is 14.4 Å². The van der Waals surface area contributed by atoms with E-state index >= 15 is 0 Å². The highest BCUT2D eigenvalue weighted by Gasteiger charge is 2.54. The summed E-state index contributed by atoms with van der Waals surface area (Å²) in [6.45, 7) is 19.9. The first-order valence-corrected chi connectivity index (χ1v) is 16.7. The zero-order valence-electron chi connectivity index (χ0n) is 28.6. The summed E-state index contributed by atoms with van der Waals surface area (Å²) in [4.78, 5) is 33.8. The van der Waals surface area contributed by atoms with Crippen molar-refractivity contribution in [2.24, 2.45) is 17.3 Å². The van der Waals surface area contributed by atoms with Gasteiger partial charge in [-0.15, -0.1) is 0 Å². The molecule has 246 valence electrons. The van der Waals surface area contributed by atoms with Crippen molar-refractivity contribution in [3.05, 3.63) is 35.9 Å². The van der Waals surface area contributed by atoms with E-state index in [0.29, 0.717) is 45.3 Å². The van der Waals surface area contributed by atoms with Gasteiger partial charge in [0.15, 0.2) is 6.29 Å². The van der Waals surface area contributed by atoms with Crippen molar-refractivity contribution in [1.82, 2.24) is 5.06 Å².